The molecule has 0 atom stereocenters. The SMILES string of the molecule is Cc1ccc(C)c(-c2cc(C#N)nc(N3CCCC3)n2)c1. The Kier molecular flexibility index (Phi) is 3.57. The highest BCUT2D eigenvalue weighted by Crippen LogP contribution is 2.26. The summed E-state index contributed by atoms with van der Waals surface area (Å²) in [5.41, 5.74) is 4.70. The molecule has 0 bridgehead atoms. The van der Waals surface area contributed by atoms with Crippen LogP contribution < -0.4 is 4.90 Å². The van der Waals surface area contributed by atoms with Crippen LogP contribution in [0.25, 0.3) is 11.3 Å². The Morgan fingerprint density at radius 1 is 1.10 bits per heavy atom. The van der Waals surface area contributed by atoms with Crippen molar-refractivity contribution in [1.82, 2.24) is 9.97 Å². The van der Waals surface area contributed by atoms with Crippen molar-refractivity contribution in [1.29, 1.82) is 5.26 Å². The number of hydrogen-bond donors (Lipinski definition) is 0. The molecule has 0 saturated carbocycles. The Hall–Kier alpha value is -2.41. The molecule has 2 heterocycles. The zero-order chi connectivity index (χ0) is 14.8. The maximum Gasteiger partial charge on any atom is 0.227 e. The van der Waals surface area contributed by atoms with Crippen molar-refractivity contribution in [3.05, 3.63) is 41.1 Å². The molecule has 1 aromatic carbocycles. The number of nitrogens with zero attached hydrogens (tertiary/aromatic N) is 4. The van der Waals surface area contributed by atoms with Gasteiger partial charge < -0.3 is 4.90 Å². The Balaban J connectivity index is 2.11. The van der Waals surface area contributed by atoms with Crippen LogP contribution in [0.15, 0.2) is 24.3 Å². The smallest absolute Gasteiger partial charge is 0.227 e. The molecule has 0 amide bonds. The lowest BCUT2D eigenvalue weighted by molar-refractivity contribution is 0.896. The third-order valence-corrected chi connectivity index (χ3v) is 3.89. The number of aryl methyl sites for hydroxylation is 2. The average Bonchev–Trinajstić information content (AvgIpc) is 3.03. The van der Waals surface area contributed by atoms with Crippen LogP contribution in [-0.4, -0.2) is 23.1 Å². The first-order valence-corrected chi connectivity index (χ1v) is 7.29. The van der Waals surface area contributed by atoms with Gasteiger partial charge in [-0.3, -0.25) is 0 Å². The third kappa shape index (κ3) is 2.73. The zero-order valence-electron chi connectivity index (χ0n) is 12.4. The van der Waals surface area contributed by atoms with Crippen LogP contribution in [0, 0.1) is 25.2 Å². The van der Waals surface area contributed by atoms with Gasteiger partial charge in [0.1, 0.15) is 11.8 Å². The lowest BCUT2D eigenvalue weighted by atomic mass is 10.0. The van der Waals surface area contributed by atoms with E-state index in [-0.39, 0.29) is 0 Å². The summed E-state index contributed by atoms with van der Waals surface area (Å²) in [6, 6.07) is 10.2. The molecule has 0 spiro atoms. The maximum absolute atomic E-state index is 9.24. The molecule has 3 rings (SSSR count). The number of rotatable bonds is 2. The van der Waals surface area contributed by atoms with Crippen LogP contribution in [-0.2, 0) is 0 Å². The third-order valence-electron chi connectivity index (χ3n) is 3.89. The minimum atomic E-state index is 0.433. The van der Waals surface area contributed by atoms with Gasteiger partial charge >= 0.3 is 0 Å². The van der Waals surface area contributed by atoms with Crippen LogP contribution in [0.1, 0.15) is 29.7 Å². The molecule has 0 aliphatic carbocycles. The van der Waals surface area contributed by atoms with E-state index >= 15 is 0 Å². The molecular weight excluding hydrogens is 260 g/mol. The standard InChI is InChI=1S/C17H18N4/c1-12-5-6-13(2)15(9-12)16-10-14(11-18)19-17(20-16)21-7-3-4-8-21/h5-6,9-10H,3-4,7-8H2,1-2H3. The topological polar surface area (TPSA) is 52.8 Å². The van der Waals surface area contributed by atoms with E-state index in [2.05, 4.69) is 48.0 Å². The second kappa shape index (κ2) is 5.53. The van der Waals surface area contributed by atoms with Gasteiger partial charge in [-0.05, 0) is 38.3 Å². The summed E-state index contributed by atoms with van der Waals surface area (Å²) in [7, 11) is 0. The minimum absolute atomic E-state index is 0.433. The maximum atomic E-state index is 9.24. The molecule has 0 radical (unpaired) electrons. The summed E-state index contributed by atoms with van der Waals surface area (Å²) in [6.07, 6.45) is 2.33. The second-order valence-corrected chi connectivity index (χ2v) is 5.56. The number of benzene rings is 1. The van der Waals surface area contributed by atoms with Gasteiger partial charge in [-0.15, -0.1) is 0 Å². The van der Waals surface area contributed by atoms with Gasteiger partial charge in [-0.1, -0.05) is 17.7 Å². The van der Waals surface area contributed by atoms with E-state index in [4.69, 9.17) is 4.98 Å². The van der Waals surface area contributed by atoms with Gasteiger partial charge in [-0.2, -0.15) is 5.26 Å². The van der Waals surface area contributed by atoms with Crippen molar-refractivity contribution in [2.75, 3.05) is 18.0 Å². The van der Waals surface area contributed by atoms with E-state index < -0.39 is 0 Å². The highest BCUT2D eigenvalue weighted by Gasteiger charge is 2.17. The quantitative estimate of drug-likeness (QED) is 0.846. The predicted molar refractivity (Wildman–Crippen MR) is 83.1 cm³/mol. The van der Waals surface area contributed by atoms with Crippen LogP contribution in [0.5, 0.6) is 0 Å². The molecule has 106 valence electrons. The van der Waals surface area contributed by atoms with Crippen molar-refractivity contribution >= 4 is 5.95 Å². The monoisotopic (exact) mass is 278 g/mol. The number of anilines is 1. The molecule has 0 unspecified atom stereocenters. The minimum Gasteiger partial charge on any atom is -0.341 e. The Morgan fingerprint density at radius 2 is 1.86 bits per heavy atom. The molecular formula is C17H18N4. The molecule has 1 fully saturated rings. The van der Waals surface area contributed by atoms with Crippen molar-refractivity contribution in [2.45, 2.75) is 26.7 Å². The predicted octanol–water partition coefficient (Wildman–Crippen LogP) is 3.23. The van der Waals surface area contributed by atoms with Gasteiger partial charge in [0.05, 0.1) is 5.69 Å². The highest BCUT2D eigenvalue weighted by molar-refractivity contribution is 5.66. The van der Waals surface area contributed by atoms with E-state index in [1.54, 1.807) is 6.07 Å². The molecule has 21 heavy (non-hydrogen) atoms. The van der Waals surface area contributed by atoms with E-state index in [9.17, 15) is 5.26 Å². The number of hydrogen-bond acceptors (Lipinski definition) is 4. The van der Waals surface area contributed by atoms with Crippen LogP contribution in [0.3, 0.4) is 0 Å². The summed E-state index contributed by atoms with van der Waals surface area (Å²) >= 11 is 0. The molecule has 1 saturated heterocycles. The summed E-state index contributed by atoms with van der Waals surface area (Å²) < 4.78 is 0. The van der Waals surface area contributed by atoms with Crippen molar-refractivity contribution in [3.8, 4) is 17.3 Å². The molecule has 4 nitrogen and oxygen atoms in total. The molecule has 4 heteroatoms. The van der Waals surface area contributed by atoms with Gasteiger partial charge in [-0.25, -0.2) is 9.97 Å². The number of nitriles is 1. The largest absolute Gasteiger partial charge is 0.341 e. The number of aromatic nitrogens is 2. The fraction of sp³-hybridized carbons (Fsp3) is 0.353. The van der Waals surface area contributed by atoms with Gasteiger partial charge in [0.15, 0.2) is 0 Å². The van der Waals surface area contributed by atoms with E-state index in [0.717, 1.165) is 29.9 Å². The van der Waals surface area contributed by atoms with Crippen molar-refractivity contribution in [2.24, 2.45) is 0 Å². The fourth-order valence-corrected chi connectivity index (χ4v) is 2.70. The molecule has 1 aromatic heterocycles. The summed E-state index contributed by atoms with van der Waals surface area (Å²) in [4.78, 5) is 11.2. The van der Waals surface area contributed by atoms with Gasteiger partial charge in [0.2, 0.25) is 5.95 Å². The Labute approximate surface area is 125 Å². The van der Waals surface area contributed by atoms with Crippen molar-refractivity contribution in [3.63, 3.8) is 0 Å². The lowest BCUT2D eigenvalue weighted by Crippen LogP contribution is -2.21. The molecule has 1 aliphatic rings. The zero-order valence-corrected chi connectivity index (χ0v) is 12.4. The fourth-order valence-electron chi connectivity index (χ4n) is 2.70. The molecule has 2 aromatic rings. The molecule has 0 N–H and O–H groups in total. The first kappa shape index (κ1) is 13.6. The molecule has 1 aliphatic heterocycles. The average molecular weight is 278 g/mol. The first-order chi connectivity index (χ1) is 10.2. The van der Waals surface area contributed by atoms with Gasteiger partial charge in [0, 0.05) is 24.7 Å². The van der Waals surface area contributed by atoms with Crippen LogP contribution in [0.2, 0.25) is 0 Å². The Bertz CT molecular complexity index is 709. The normalized spacial score (nSPS) is 14.2. The summed E-state index contributed by atoms with van der Waals surface area (Å²) in [6.45, 7) is 6.08. The van der Waals surface area contributed by atoms with E-state index in [0.29, 0.717) is 11.6 Å². The second-order valence-electron chi connectivity index (χ2n) is 5.56. The highest BCUT2D eigenvalue weighted by atomic mass is 15.3. The Morgan fingerprint density at radius 3 is 2.57 bits per heavy atom. The van der Waals surface area contributed by atoms with E-state index in [1.165, 1.54) is 18.4 Å². The van der Waals surface area contributed by atoms with Gasteiger partial charge in [0.25, 0.3) is 0 Å². The lowest BCUT2D eigenvalue weighted by Gasteiger charge is -2.16. The first-order valence-electron chi connectivity index (χ1n) is 7.29. The van der Waals surface area contributed by atoms with Crippen LogP contribution >= 0.6 is 0 Å². The summed E-state index contributed by atoms with van der Waals surface area (Å²) in [5.74, 6) is 0.683. The van der Waals surface area contributed by atoms with Crippen molar-refractivity contribution < 1.29 is 0 Å². The van der Waals surface area contributed by atoms with E-state index in [1.807, 2.05) is 0 Å². The summed E-state index contributed by atoms with van der Waals surface area (Å²) in [5, 5.41) is 9.24. The van der Waals surface area contributed by atoms with Crippen LogP contribution in [0.4, 0.5) is 5.95 Å².